The summed E-state index contributed by atoms with van der Waals surface area (Å²) in [5.74, 6) is 0.0706. The molecule has 1 fully saturated rings. The van der Waals surface area contributed by atoms with E-state index in [1.165, 1.54) is 0 Å². The van der Waals surface area contributed by atoms with Gasteiger partial charge in [0.15, 0.2) is 0 Å². The highest BCUT2D eigenvalue weighted by Gasteiger charge is 2.32. The number of aromatic nitrogens is 1. The fourth-order valence-corrected chi connectivity index (χ4v) is 2.39. The number of nitrogens with zero attached hydrogens (tertiary/aromatic N) is 2. The topological polar surface area (TPSA) is 33.2 Å². The molecule has 86 valence electrons. The zero-order chi connectivity index (χ0) is 11.7. The van der Waals surface area contributed by atoms with Crippen molar-refractivity contribution in [1.82, 2.24) is 9.88 Å². The summed E-state index contributed by atoms with van der Waals surface area (Å²) in [6.07, 6.45) is 2.19. The Hall–Kier alpha value is -1.38. The van der Waals surface area contributed by atoms with E-state index in [0.29, 0.717) is 17.8 Å². The third-order valence-corrected chi connectivity index (χ3v) is 3.29. The Labute approximate surface area is 96.5 Å². The number of aryl methyl sites for hydroxylation is 1. The number of rotatable bonds is 1. The van der Waals surface area contributed by atoms with Gasteiger partial charge < -0.3 is 4.90 Å². The summed E-state index contributed by atoms with van der Waals surface area (Å²) >= 11 is 0. The van der Waals surface area contributed by atoms with Gasteiger partial charge in [0.05, 0.1) is 0 Å². The number of hydrogen-bond donors (Lipinski definition) is 0. The van der Waals surface area contributed by atoms with Crippen LogP contribution < -0.4 is 0 Å². The summed E-state index contributed by atoms with van der Waals surface area (Å²) < 4.78 is 0. The first-order valence-electron chi connectivity index (χ1n) is 5.86. The summed E-state index contributed by atoms with van der Waals surface area (Å²) in [6, 6.07) is 6.27. The van der Waals surface area contributed by atoms with Crippen LogP contribution >= 0.6 is 0 Å². The van der Waals surface area contributed by atoms with Crippen LogP contribution in [0.1, 0.15) is 42.9 Å². The Bertz CT molecular complexity index is 393. The molecule has 0 radical (unpaired) electrons. The van der Waals surface area contributed by atoms with Crippen molar-refractivity contribution in [2.45, 2.75) is 45.7 Å². The number of carbonyl (C=O) groups is 1. The van der Waals surface area contributed by atoms with E-state index < -0.39 is 0 Å². The number of likely N-dealkylation sites (tertiary alicyclic amines) is 1. The largest absolute Gasteiger partial charge is 0.332 e. The summed E-state index contributed by atoms with van der Waals surface area (Å²) in [5.41, 5.74) is 1.46. The van der Waals surface area contributed by atoms with Gasteiger partial charge in [0.2, 0.25) is 0 Å². The standard InChI is InChI=1S/C13H18N2O/c1-9-5-4-6-12(14-9)13(16)15-10(2)7-8-11(15)3/h4-6,10-11H,7-8H2,1-3H3. The highest BCUT2D eigenvalue weighted by molar-refractivity contribution is 5.93. The molecule has 1 aliphatic rings. The molecule has 16 heavy (non-hydrogen) atoms. The maximum Gasteiger partial charge on any atom is 0.272 e. The van der Waals surface area contributed by atoms with Crippen molar-refractivity contribution in [3.8, 4) is 0 Å². The van der Waals surface area contributed by atoms with Crippen molar-refractivity contribution >= 4 is 5.91 Å². The summed E-state index contributed by atoms with van der Waals surface area (Å²) in [5, 5.41) is 0. The van der Waals surface area contributed by atoms with E-state index >= 15 is 0 Å². The van der Waals surface area contributed by atoms with E-state index in [4.69, 9.17) is 0 Å². The van der Waals surface area contributed by atoms with Gasteiger partial charge in [-0.15, -0.1) is 0 Å². The van der Waals surface area contributed by atoms with Crippen LogP contribution in [0.5, 0.6) is 0 Å². The van der Waals surface area contributed by atoms with Crippen molar-refractivity contribution in [1.29, 1.82) is 0 Å². The molecule has 1 aromatic heterocycles. The van der Waals surface area contributed by atoms with Crippen LogP contribution in [0.3, 0.4) is 0 Å². The molecule has 0 bridgehead atoms. The highest BCUT2D eigenvalue weighted by atomic mass is 16.2. The van der Waals surface area contributed by atoms with Gasteiger partial charge in [0.1, 0.15) is 5.69 Å². The van der Waals surface area contributed by atoms with Crippen LogP contribution in [0.15, 0.2) is 18.2 Å². The average Bonchev–Trinajstić information content (AvgIpc) is 2.58. The third kappa shape index (κ3) is 1.94. The number of amides is 1. The Kier molecular flexibility index (Phi) is 2.95. The first-order valence-corrected chi connectivity index (χ1v) is 5.86. The lowest BCUT2D eigenvalue weighted by Gasteiger charge is -2.25. The first-order chi connectivity index (χ1) is 7.59. The molecule has 1 aliphatic heterocycles. The van der Waals surface area contributed by atoms with Crippen molar-refractivity contribution in [2.24, 2.45) is 0 Å². The molecule has 2 heterocycles. The third-order valence-electron chi connectivity index (χ3n) is 3.29. The lowest BCUT2D eigenvalue weighted by atomic mass is 10.2. The van der Waals surface area contributed by atoms with Gasteiger partial charge in [-0.2, -0.15) is 0 Å². The zero-order valence-corrected chi connectivity index (χ0v) is 10.1. The van der Waals surface area contributed by atoms with Gasteiger partial charge in [0.25, 0.3) is 5.91 Å². The van der Waals surface area contributed by atoms with Crippen LogP contribution in [0, 0.1) is 6.92 Å². The van der Waals surface area contributed by atoms with E-state index in [2.05, 4.69) is 18.8 Å². The molecule has 0 aromatic carbocycles. The predicted octanol–water partition coefficient (Wildman–Crippen LogP) is 2.40. The van der Waals surface area contributed by atoms with Crippen LogP contribution in [-0.4, -0.2) is 27.9 Å². The quantitative estimate of drug-likeness (QED) is 0.725. The van der Waals surface area contributed by atoms with Gasteiger partial charge in [-0.1, -0.05) is 6.07 Å². The number of carbonyl (C=O) groups excluding carboxylic acids is 1. The van der Waals surface area contributed by atoms with E-state index in [9.17, 15) is 4.79 Å². The maximum atomic E-state index is 12.3. The lowest BCUT2D eigenvalue weighted by molar-refractivity contribution is 0.0686. The Morgan fingerprint density at radius 3 is 2.50 bits per heavy atom. The van der Waals surface area contributed by atoms with Gasteiger partial charge in [-0.3, -0.25) is 4.79 Å². The molecule has 3 nitrogen and oxygen atoms in total. The van der Waals surface area contributed by atoms with Gasteiger partial charge in [0, 0.05) is 17.8 Å². The van der Waals surface area contributed by atoms with Gasteiger partial charge in [-0.05, 0) is 45.7 Å². The van der Waals surface area contributed by atoms with E-state index in [1.807, 2.05) is 24.0 Å². The molecule has 2 unspecified atom stereocenters. The average molecular weight is 218 g/mol. The van der Waals surface area contributed by atoms with Crippen molar-refractivity contribution < 1.29 is 4.79 Å². The summed E-state index contributed by atoms with van der Waals surface area (Å²) in [7, 11) is 0. The second-order valence-corrected chi connectivity index (χ2v) is 4.65. The molecule has 1 amide bonds. The maximum absolute atomic E-state index is 12.3. The van der Waals surface area contributed by atoms with Crippen molar-refractivity contribution in [3.63, 3.8) is 0 Å². The molecule has 0 saturated carbocycles. The molecule has 3 heteroatoms. The summed E-state index contributed by atoms with van der Waals surface area (Å²) in [4.78, 5) is 18.5. The minimum Gasteiger partial charge on any atom is -0.332 e. The molecule has 2 rings (SSSR count). The SMILES string of the molecule is Cc1cccc(C(=O)N2C(C)CCC2C)n1. The van der Waals surface area contributed by atoms with Gasteiger partial charge in [-0.25, -0.2) is 4.98 Å². The molecule has 0 spiro atoms. The van der Waals surface area contributed by atoms with Crippen molar-refractivity contribution in [2.75, 3.05) is 0 Å². The molecule has 1 aromatic rings. The zero-order valence-electron chi connectivity index (χ0n) is 10.1. The minimum atomic E-state index is 0.0706. The minimum absolute atomic E-state index is 0.0706. The van der Waals surface area contributed by atoms with Crippen LogP contribution in [0.2, 0.25) is 0 Å². The molecular weight excluding hydrogens is 200 g/mol. The molecule has 1 saturated heterocycles. The van der Waals surface area contributed by atoms with Gasteiger partial charge >= 0.3 is 0 Å². The molecular formula is C13H18N2O. The number of hydrogen-bond acceptors (Lipinski definition) is 2. The Morgan fingerprint density at radius 1 is 1.31 bits per heavy atom. The summed E-state index contributed by atoms with van der Waals surface area (Å²) in [6.45, 7) is 6.13. The molecule has 0 aliphatic carbocycles. The predicted molar refractivity (Wildman–Crippen MR) is 63.3 cm³/mol. The van der Waals surface area contributed by atoms with E-state index in [0.717, 1.165) is 18.5 Å². The first kappa shape index (κ1) is 11.1. The Morgan fingerprint density at radius 2 is 1.94 bits per heavy atom. The van der Waals surface area contributed by atoms with Crippen LogP contribution in [0.4, 0.5) is 0 Å². The smallest absolute Gasteiger partial charge is 0.272 e. The number of pyridine rings is 1. The highest BCUT2D eigenvalue weighted by Crippen LogP contribution is 2.25. The monoisotopic (exact) mass is 218 g/mol. The molecule has 0 N–H and O–H groups in total. The Balaban J connectivity index is 2.25. The normalized spacial score (nSPS) is 24.8. The van der Waals surface area contributed by atoms with Crippen LogP contribution in [0.25, 0.3) is 0 Å². The van der Waals surface area contributed by atoms with E-state index in [-0.39, 0.29) is 5.91 Å². The van der Waals surface area contributed by atoms with Crippen LogP contribution in [-0.2, 0) is 0 Å². The van der Waals surface area contributed by atoms with Crippen molar-refractivity contribution in [3.05, 3.63) is 29.6 Å². The molecule has 2 atom stereocenters. The fourth-order valence-electron chi connectivity index (χ4n) is 2.39. The fraction of sp³-hybridized carbons (Fsp3) is 0.538. The second-order valence-electron chi connectivity index (χ2n) is 4.65. The lowest BCUT2D eigenvalue weighted by Crippen LogP contribution is -2.38. The van der Waals surface area contributed by atoms with E-state index in [1.54, 1.807) is 6.07 Å². The second kappa shape index (κ2) is 4.24.